The van der Waals surface area contributed by atoms with E-state index in [1.807, 2.05) is 44.2 Å². The molecule has 0 aliphatic carbocycles. The molecule has 1 saturated heterocycles. The average molecular weight is 373 g/mol. The quantitative estimate of drug-likeness (QED) is 0.845. The molecule has 1 heterocycles. The van der Waals surface area contributed by atoms with Crippen LogP contribution in [0.4, 0.5) is 21.9 Å². The lowest BCUT2D eigenvalue weighted by Gasteiger charge is -2.37. The second-order valence-electron chi connectivity index (χ2n) is 6.75. The molecule has 2 N–H and O–H groups in total. The molecule has 6 heteroatoms. The van der Waals surface area contributed by atoms with E-state index in [9.17, 15) is 4.79 Å². The van der Waals surface area contributed by atoms with Crippen LogP contribution in [0.3, 0.4) is 0 Å². The highest BCUT2D eigenvalue weighted by atomic mass is 35.5. The van der Waals surface area contributed by atoms with Gasteiger partial charge >= 0.3 is 6.03 Å². The summed E-state index contributed by atoms with van der Waals surface area (Å²) in [5.41, 5.74) is 3.14. The maximum Gasteiger partial charge on any atom is 0.319 e. The molecule has 1 aliphatic heterocycles. The fourth-order valence-corrected chi connectivity index (χ4v) is 3.27. The maximum atomic E-state index is 11.8. The highest BCUT2D eigenvalue weighted by Crippen LogP contribution is 2.24. The topological polar surface area (TPSA) is 47.6 Å². The van der Waals surface area contributed by atoms with E-state index >= 15 is 0 Å². The van der Waals surface area contributed by atoms with E-state index in [2.05, 4.69) is 38.6 Å². The average Bonchev–Trinajstić information content (AvgIpc) is 2.62. The van der Waals surface area contributed by atoms with Crippen molar-refractivity contribution in [3.05, 3.63) is 53.6 Å². The minimum atomic E-state index is -0.178. The summed E-state index contributed by atoms with van der Waals surface area (Å²) in [6.45, 7) is 7.69. The number of nitrogens with zero attached hydrogens (tertiary/aromatic N) is 2. The third kappa shape index (κ3) is 4.82. The zero-order valence-corrected chi connectivity index (χ0v) is 16.0. The first-order chi connectivity index (χ1) is 12.5. The summed E-state index contributed by atoms with van der Waals surface area (Å²) in [6, 6.07) is 15.9. The van der Waals surface area contributed by atoms with Gasteiger partial charge in [-0.15, -0.1) is 0 Å². The van der Waals surface area contributed by atoms with Gasteiger partial charge in [0.25, 0.3) is 0 Å². The number of urea groups is 1. The van der Waals surface area contributed by atoms with E-state index in [4.69, 9.17) is 11.6 Å². The van der Waals surface area contributed by atoms with E-state index in [0.717, 1.165) is 36.9 Å². The number of anilines is 3. The Morgan fingerprint density at radius 2 is 1.58 bits per heavy atom. The molecule has 2 amide bonds. The van der Waals surface area contributed by atoms with Crippen LogP contribution in [0.1, 0.15) is 13.8 Å². The standard InChI is InChI=1S/C20H25ClN4O/c1-15(2)22-20(26)23-17-6-8-18(9-7-17)24-10-12-25(13-11-24)19-5-3-4-16(21)14-19/h3-9,14-15H,10-13H2,1-2H3,(H2,22,23,26). The number of nitrogens with one attached hydrogen (secondary N) is 2. The van der Waals surface area contributed by atoms with Gasteiger partial charge in [0.1, 0.15) is 0 Å². The Kier molecular flexibility index (Phi) is 5.89. The lowest BCUT2D eigenvalue weighted by molar-refractivity contribution is 0.250. The second-order valence-corrected chi connectivity index (χ2v) is 7.19. The van der Waals surface area contributed by atoms with Gasteiger partial charge in [0, 0.05) is 54.3 Å². The number of carbonyl (C=O) groups is 1. The van der Waals surface area contributed by atoms with Gasteiger partial charge in [-0.1, -0.05) is 17.7 Å². The van der Waals surface area contributed by atoms with Crippen molar-refractivity contribution < 1.29 is 4.79 Å². The predicted molar refractivity (Wildman–Crippen MR) is 110 cm³/mol. The predicted octanol–water partition coefficient (Wildman–Crippen LogP) is 4.20. The molecule has 1 aliphatic rings. The summed E-state index contributed by atoms with van der Waals surface area (Å²) in [4.78, 5) is 16.5. The Morgan fingerprint density at radius 3 is 2.15 bits per heavy atom. The van der Waals surface area contributed by atoms with E-state index in [1.165, 1.54) is 11.4 Å². The molecule has 0 aromatic heterocycles. The van der Waals surface area contributed by atoms with Crippen LogP contribution >= 0.6 is 11.6 Å². The van der Waals surface area contributed by atoms with E-state index in [0.29, 0.717) is 0 Å². The van der Waals surface area contributed by atoms with Crippen molar-refractivity contribution in [2.24, 2.45) is 0 Å². The maximum absolute atomic E-state index is 11.8. The van der Waals surface area contributed by atoms with Gasteiger partial charge < -0.3 is 20.4 Å². The number of hydrogen-bond donors (Lipinski definition) is 2. The van der Waals surface area contributed by atoms with Crippen LogP contribution in [-0.4, -0.2) is 38.3 Å². The fraction of sp³-hybridized carbons (Fsp3) is 0.350. The molecule has 0 unspecified atom stereocenters. The summed E-state index contributed by atoms with van der Waals surface area (Å²) in [7, 11) is 0. The highest BCUT2D eigenvalue weighted by molar-refractivity contribution is 6.30. The number of benzene rings is 2. The summed E-state index contributed by atoms with van der Waals surface area (Å²) in [5.74, 6) is 0. The number of carbonyl (C=O) groups excluding carboxylic acids is 1. The van der Waals surface area contributed by atoms with Crippen LogP contribution < -0.4 is 20.4 Å². The molecule has 5 nitrogen and oxygen atoms in total. The Bertz CT molecular complexity index is 740. The molecule has 0 radical (unpaired) electrons. The molecule has 26 heavy (non-hydrogen) atoms. The molecular weight excluding hydrogens is 348 g/mol. The van der Waals surface area contributed by atoms with Gasteiger partial charge in [-0.2, -0.15) is 0 Å². The van der Waals surface area contributed by atoms with E-state index in [-0.39, 0.29) is 12.1 Å². The molecule has 0 saturated carbocycles. The van der Waals surface area contributed by atoms with Crippen LogP contribution in [0.25, 0.3) is 0 Å². The molecule has 1 fully saturated rings. The second kappa shape index (κ2) is 8.32. The van der Waals surface area contributed by atoms with Crippen LogP contribution in [0.2, 0.25) is 5.02 Å². The Hall–Kier alpha value is -2.40. The van der Waals surface area contributed by atoms with Crippen molar-refractivity contribution in [2.45, 2.75) is 19.9 Å². The van der Waals surface area contributed by atoms with Crippen LogP contribution in [0, 0.1) is 0 Å². The van der Waals surface area contributed by atoms with Gasteiger partial charge in [0.2, 0.25) is 0 Å². The lowest BCUT2D eigenvalue weighted by Crippen LogP contribution is -2.46. The molecule has 2 aromatic rings. The molecular formula is C20H25ClN4O. The zero-order chi connectivity index (χ0) is 18.5. The van der Waals surface area contributed by atoms with Gasteiger partial charge in [-0.25, -0.2) is 4.79 Å². The minimum Gasteiger partial charge on any atom is -0.368 e. The Balaban J connectivity index is 1.55. The molecule has 2 aromatic carbocycles. The first kappa shape index (κ1) is 18.4. The molecule has 0 spiro atoms. The first-order valence-electron chi connectivity index (χ1n) is 8.94. The van der Waals surface area contributed by atoms with Crippen molar-refractivity contribution in [3.8, 4) is 0 Å². The van der Waals surface area contributed by atoms with Gasteiger partial charge in [-0.05, 0) is 56.3 Å². The third-order valence-corrected chi connectivity index (χ3v) is 4.60. The number of amides is 2. The minimum absolute atomic E-state index is 0.116. The summed E-state index contributed by atoms with van der Waals surface area (Å²) in [5, 5.41) is 6.44. The van der Waals surface area contributed by atoms with Crippen LogP contribution in [0.5, 0.6) is 0 Å². The first-order valence-corrected chi connectivity index (χ1v) is 9.32. The summed E-state index contributed by atoms with van der Waals surface area (Å²) >= 11 is 6.10. The van der Waals surface area contributed by atoms with Crippen LogP contribution in [0.15, 0.2) is 48.5 Å². The number of piperazine rings is 1. The SMILES string of the molecule is CC(C)NC(=O)Nc1ccc(N2CCN(c3cccc(Cl)c3)CC2)cc1. The van der Waals surface area contributed by atoms with E-state index < -0.39 is 0 Å². The lowest BCUT2D eigenvalue weighted by atomic mass is 10.2. The Morgan fingerprint density at radius 1 is 0.962 bits per heavy atom. The number of halogens is 1. The fourth-order valence-electron chi connectivity index (χ4n) is 3.08. The molecule has 0 bridgehead atoms. The normalized spacial score (nSPS) is 14.5. The van der Waals surface area contributed by atoms with Crippen molar-refractivity contribution in [1.82, 2.24) is 5.32 Å². The highest BCUT2D eigenvalue weighted by Gasteiger charge is 2.17. The molecule has 3 rings (SSSR count). The number of rotatable bonds is 4. The van der Waals surface area contributed by atoms with Crippen LogP contribution in [-0.2, 0) is 0 Å². The monoisotopic (exact) mass is 372 g/mol. The smallest absolute Gasteiger partial charge is 0.319 e. The summed E-state index contributed by atoms with van der Waals surface area (Å²) in [6.07, 6.45) is 0. The van der Waals surface area contributed by atoms with E-state index in [1.54, 1.807) is 0 Å². The van der Waals surface area contributed by atoms with Gasteiger partial charge in [0.05, 0.1) is 0 Å². The zero-order valence-electron chi connectivity index (χ0n) is 15.2. The summed E-state index contributed by atoms with van der Waals surface area (Å²) < 4.78 is 0. The molecule has 138 valence electrons. The van der Waals surface area contributed by atoms with Crippen molar-refractivity contribution >= 4 is 34.7 Å². The van der Waals surface area contributed by atoms with Gasteiger partial charge in [0.15, 0.2) is 0 Å². The Labute approximate surface area is 159 Å². The number of hydrogen-bond acceptors (Lipinski definition) is 3. The van der Waals surface area contributed by atoms with Crippen molar-refractivity contribution in [1.29, 1.82) is 0 Å². The van der Waals surface area contributed by atoms with Crippen molar-refractivity contribution in [3.63, 3.8) is 0 Å². The van der Waals surface area contributed by atoms with Gasteiger partial charge in [-0.3, -0.25) is 0 Å². The largest absolute Gasteiger partial charge is 0.368 e. The van der Waals surface area contributed by atoms with Crippen molar-refractivity contribution in [2.75, 3.05) is 41.3 Å². The third-order valence-electron chi connectivity index (χ3n) is 4.36. The molecule has 0 atom stereocenters.